The quantitative estimate of drug-likeness (QED) is 0.0186. The van der Waals surface area contributed by atoms with Crippen LogP contribution < -0.4 is 67.7 Å². The van der Waals surface area contributed by atoms with Crippen molar-refractivity contribution in [2.24, 2.45) is 5.92 Å². The third-order valence-electron chi connectivity index (χ3n) is 22.5. The molecule has 15 heterocycles. The number of phosphoric ester groups is 4. The van der Waals surface area contributed by atoms with Crippen molar-refractivity contribution in [2.75, 3.05) is 79.8 Å². The minimum absolute atomic E-state index is 0.00296. The Hall–Kier alpha value is -10.3. The molecule has 0 saturated carbocycles. The first-order valence-electron chi connectivity index (χ1n) is 41.7. The van der Waals surface area contributed by atoms with Crippen molar-refractivity contribution in [3.8, 4) is 0 Å². The highest BCUT2D eigenvalue weighted by molar-refractivity contribution is 7.53. The number of aliphatic hydroxyl groups is 2. The summed E-state index contributed by atoms with van der Waals surface area (Å²) in [6.07, 6.45) is -21.1. The van der Waals surface area contributed by atoms with E-state index in [4.69, 9.17) is 102 Å². The molecule has 23 atom stereocenters. The molecule has 1 amide bonds. The number of hydrogen-bond donors (Lipinski definition) is 15. The standard InChI is InChI=1S/C72H93N24O34P5/c1-34(2)63(99)83-50-14-17-93(72(105)84-50)52-21-38(45(122-52)28-117-134(111,112)129-40-23-54(92-16-13-49(74)82-71(92)104)123-46(40)29-118-133(109,110)127-37-20-55(120-42(37)25-97)95-32-79-58-61(95)86-68(76)89-65(58)101)126-131(106,18-8-4-7-11-35-9-5-3-6-10-35)115-27-44-41(24-56(125-44)96-33-80-59-62(96)87-69(77)90-66(59)102)130-135(113,114)119-30-47-39(22-53(124-47)91-15-12-48(73)81-70(91)103)128-132(107,108)116-26-43-36(98)19-51(121-43)94-31-78-57-60(94)85-67(75)88-64(57)100/h3,5-6,9-10,12-17,31-34,36-47,51-56,97-98H,4,7-8,11,18-30H2,1-2H3,(H,107,108)(H,109,110)(H,111,112)(H,113,114)(H2,73,81,103)(H2,74,82,104)(H3,75,85,88,100)(H3,76,86,89,101)(H3,77,87,90,102)(H,83,84,99,105). The summed E-state index contributed by atoms with van der Waals surface area (Å²) in [5, 5.41) is 24.0. The fourth-order valence-corrected chi connectivity index (χ4v) is 21.7. The Balaban J connectivity index is 0.648. The van der Waals surface area contributed by atoms with Gasteiger partial charge >= 0.3 is 56.0 Å². The number of fused-ring (bicyclic) bond motifs is 3. The second kappa shape index (κ2) is 40.4. The van der Waals surface area contributed by atoms with E-state index in [1.165, 1.54) is 63.1 Å². The van der Waals surface area contributed by atoms with Gasteiger partial charge in [-0.3, -0.25) is 102 Å². The summed E-state index contributed by atoms with van der Waals surface area (Å²) in [4.78, 5) is 181. The molecule has 0 radical (unpaired) electrons. The summed E-state index contributed by atoms with van der Waals surface area (Å²) < 4.78 is 175. The zero-order valence-corrected chi connectivity index (χ0v) is 75.5. The van der Waals surface area contributed by atoms with Crippen molar-refractivity contribution in [3.05, 3.63) is 154 Å². The summed E-state index contributed by atoms with van der Waals surface area (Å²) >= 11 is 0. The van der Waals surface area contributed by atoms with Crippen LogP contribution in [-0.2, 0) is 108 Å². The molecule has 0 aliphatic carbocycles. The topological polar surface area (TPSA) is 809 Å². The molecule has 1 aromatic carbocycles. The second-order valence-corrected chi connectivity index (χ2v) is 40.0. The van der Waals surface area contributed by atoms with Gasteiger partial charge in [-0.25, -0.2) is 47.6 Å². The van der Waals surface area contributed by atoms with Crippen molar-refractivity contribution < 1.29 is 131 Å². The molecule has 16 rings (SSSR count). The van der Waals surface area contributed by atoms with Gasteiger partial charge in [-0.05, 0) is 43.0 Å². The van der Waals surface area contributed by atoms with E-state index in [2.05, 4.69) is 65.1 Å². The molecule has 135 heavy (non-hydrogen) atoms. The number of amides is 1. The largest absolute Gasteiger partial charge is 0.472 e. The van der Waals surface area contributed by atoms with Gasteiger partial charge in [0.2, 0.25) is 23.8 Å². The van der Waals surface area contributed by atoms with E-state index in [1.807, 2.05) is 30.3 Å². The lowest BCUT2D eigenvalue weighted by Gasteiger charge is -2.28. The molecular formula is C72H93N24O34P5. The molecule has 0 bridgehead atoms. The van der Waals surface area contributed by atoms with Gasteiger partial charge in [-0.1, -0.05) is 50.6 Å². The van der Waals surface area contributed by atoms with Crippen molar-refractivity contribution in [2.45, 2.75) is 189 Å². The zero-order valence-electron chi connectivity index (χ0n) is 71.0. The van der Waals surface area contributed by atoms with Crippen LogP contribution in [0.1, 0.15) is 115 Å². The van der Waals surface area contributed by atoms with Gasteiger partial charge in [-0.2, -0.15) is 29.9 Å². The smallest absolute Gasteiger partial charge is 0.394 e. The molecule has 23 unspecified atom stereocenters. The van der Waals surface area contributed by atoms with Crippen LogP contribution in [0.3, 0.4) is 0 Å². The Bertz CT molecular complexity index is 6660. The van der Waals surface area contributed by atoms with Crippen molar-refractivity contribution in [1.82, 2.24) is 87.2 Å². The Kier molecular flexibility index (Phi) is 29.2. The van der Waals surface area contributed by atoms with E-state index in [9.17, 15) is 81.6 Å². The number of ether oxygens (including phenoxy) is 6. The number of anilines is 6. The molecule has 730 valence electrons. The van der Waals surface area contributed by atoms with Gasteiger partial charge in [0.1, 0.15) is 116 Å². The first kappa shape index (κ1) is 97.7. The minimum Gasteiger partial charge on any atom is -0.394 e. The lowest BCUT2D eigenvalue weighted by atomic mass is 10.1. The molecule has 6 aliphatic rings. The molecule has 0 spiro atoms. The highest BCUT2D eigenvalue weighted by Gasteiger charge is 2.52. The number of nitrogen functional groups attached to an aromatic ring is 5. The monoisotopic (exact) mass is 1990 g/mol. The number of benzene rings is 1. The summed E-state index contributed by atoms with van der Waals surface area (Å²) in [5.41, 5.74) is 24.3. The van der Waals surface area contributed by atoms with Crippen LogP contribution >= 0.6 is 38.9 Å². The number of aromatic nitrogens is 18. The number of rotatable bonds is 40. The van der Waals surface area contributed by atoms with Crippen LogP contribution in [0.2, 0.25) is 0 Å². The number of carbonyl (C=O) groups excluding carboxylic acids is 1. The average Bonchev–Trinajstić information content (AvgIpc) is 1.63. The average molecular weight is 1990 g/mol. The fraction of sp³-hybridized carbons (Fsp3) is 0.528. The number of nitrogens with one attached hydrogen (secondary N) is 4. The van der Waals surface area contributed by atoms with Crippen LogP contribution in [0, 0.1) is 5.92 Å². The van der Waals surface area contributed by atoms with E-state index < -0.39 is 267 Å². The summed E-state index contributed by atoms with van der Waals surface area (Å²) in [5.74, 6) is -2.54. The molecule has 6 saturated heterocycles. The second-order valence-electron chi connectivity index (χ2n) is 32.2. The number of H-pyrrole nitrogens is 3. The Morgan fingerprint density at radius 3 is 1.19 bits per heavy atom. The SMILES string of the molecule is CC(C)C(=O)Nc1ccn(C2CC(OP(=O)(CCCCCc3ccccc3)OCC3OC(n4cnc5c(=O)[nH]c(N)nc54)CC3OP(=O)(O)OCC3OC(n4ccc(N)nc4=O)CC3OP(=O)(O)OCC3OC(n4cnc5c(=O)[nH]c(N)nc54)CC3O)C(COP(=O)(O)OC3CC(n4ccc(N)nc4=O)OC3COP(=O)(O)OC3CC(n4cnc5c(=O)[nH]c(N)nc54)OC3CO)O2)c(=O)n1. The van der Waals surface area contributed by atoms with E-state index in [0.717, 1.165) is 25.6 Å². The number of aliphatic hydroxyl groups excluding tert-OH is 2. The van der Waals surface area contributed by atoms with Gasteiger partial charge in [0, 0.05) is 63.0 Å². The number of nitrogens with two attached hydrogens (primary N) is 5. The number of aromatic amines is 3. The van der Waals surface area contributed by atoms with Crippen molar-refractivity contribution >= 4 is 114 Å². The Morgan fingerprint density at radius 1 is 0.444 bits per heavy atom. The molecule has 9 aromatic heterocycles. The van der Waals surface area contributed by atoms with E-state index in [1.54, 1.807) is 13.8 Å². The molecule has 6 aliphatic heterocycles. The number of hydrogen-bond acceptors (Lipinski definition) is 44. The highest BCUT2D eigenvalue weighted by Crippen LogP contribution is 2.58. The zero-order chi connectivity index (χ0) is 95.9. The molecule has 10 aromatic rings. The van der Waals surface area contributed by atoms with Crippen LogP contribution in [-0.4, -0.2) is 242 Å². The maximum Gasteiger partial charge on any atom is 0.472 e. The van der Waals surface area contributed by atoms with Crippen molar-refractivity contribution in [1.29, 1.82) is 0 Å². The third kappa shape index (κ3) is 23.1. The molecule has 20 N–H and O–H groups in total. The van der Waals surface area contributed by atoms with Gasteiger partial charge < -0.3 is 101 Å². The Labute approximate surface area is 757 Å². The third-order valence-corrected chi connectivity index (χ3v) is 28.5. The number of phosphoric acid groups is 4. The summed E-state index contributed by atoms with van der Waals surface area (Å²) in [6.45, 7) is -2.43. The number of aryl methyl sites for hydroxylation is 1. The van der Waals surface area contributed by atoms with E-state index in [0.29, 0.717) is 19.3 Å². The number of carbonyl (C=O) groups is 1. The maximum atomic E-state index is 16.2. The predicted molar refractivity (Wildman–Crippen MR) is 460 cm³/mol. The number of unbranched alkanes of at least 4 members (excludes halogenated alkanes) is 2. The molecule has 6 fully saturated rings. The lowest BCUT2D eigenvalue weighted by Crippen LogP contribution is -2.32. The van der Waals surface area contributed by atoms with E-state index >= 15 is 4.57 Å². The first-order chi connectivity index (χ1) is 64.2. The summed E-state index contributed by atoms with van der Waals surface area (Å²) in [7, 11) is -26.7. The molecule has 63 heteroatoms. The normalized spacial score (nSPS) is 27.7. The van der Waals surface area contributed by atoms with Crippen molar-refractivity contribution in [3.63, 3.8) is 0 Å². The van der Waals surface area contributed by atoms with Crippen LogP contribution in [0.25, 0.3) is 33.5 Å². The minimum atomic E-state index is -5.61. The lowest BCUT2D eigenvalue weighted by molar-refractivity contribution is -0.118. The van der Waals surface area contributed by atoms with Crippen LogP contribution in [0.5, 0.6) is 0 Å². The Morgan fingerprint density at radius 2 is 0.793 bits per heavy atom. The fourth-order valence-electron chi connectivity index (χ4n) is 15.9. The molecule has 58 nitrogen and oxygen atoms in total. The number of imidazole rings is 3. The van der Waals surface area contributed by atoms with Crippen LogP contribution in [0.4, 0.5) is 35.3 Å². The highest BCUT2D eigenvalue weighted by atomic mass is 31.2. The van der Waals surface area contributed by atoms with Crippen LogP contribution in [0.15, 0.2) is 115 Å². The molecular weight excluding hydrogens is 1900 g/mol. The van der Waals surface area contributed by atoms with Gasteiger partial charge in [-0.15, -0.1) is 0 Å². The van der Waals surface area contributed by atoms with Gasteiger partial charge in [0.05, 0.1) is 77.0 Å². The first-order valence-corrected chi connectivity index (χ1v) is 49.5. The maximum absolute atomic E-state index is 16.2. The van der Waals surface area contributed by atoms with Gasteiger partial charge in [0.25, 0.3) is 16.7 Å². The van der Waals surface area contributed by atoms with Gasteiger partial charge in [0.15, 0.2) is 33.5 Å². The van der Waals surface area contributed by atoms with E-state index in [-0.39, 0.29) is 88.1 Å². The number of nitrogens with zero attached hydrogens (tertiary/aromatic N) is 15. The summed E-state index contributed by atoms with van der Waals surface area (Å²) in [6, 6.07) is 13.0. The predicted octanol–water partition coefficient (Wildman–Crippen LogP) is 0.757.